The SMILES string of the molecule is Cc1cc(CNCCC2CCCCC2)sc1C. The van der Waals surface area contributed by atoms with Crippen LogP contribution in [0.3, 0.4) is 0 Å². The first-order valence-electron chi connectivity index (χ1n) is 7.02. The van der Waals surface area contributed by atoms with Gasteiger partial charge in [0.25, 0.3) is 0 Å². The first-order valence-corrected chi connectivity index (χ1v) is 7.84. The van der Waals surface area contributed by atoms with Gasteiger partial charge in [-0.1, -0.05) is 32.1 Å². The summed E-state index contributed by atoms with van der Waals surface area (Å²) in [7, 11) is 0. The van der Waals surface area contributed by atoms with Crippen molar-refractivity contribution in [3.05, 3.63) is 21.4 Å². The molecule has 1 saturated carbocycles. The normalized spacial score (nSPS) is 17.5. The molecule has 0 unspecified atom stereocenters. The van der Waals surface area contributed by atoms with Gasteiger partial charge in [-0.15, -0.1) is 11.3 Å². The van der Waals surface area contributed by atoms with Gasteiger partial charge in [0.05, 0.1) is 0 Å². The fraction of sp³-hybridized carbons (Fsp3) is 0.733. The molecule has 0 atom stereocenters. The Bertz CT molecular complexity index is 317. The standard InChI is InChI=1S/C15H25NS/c1-12-10-15(17-13(12)2)11-16-9-8-14-6-4-3-5-7-14/h10,14,16H,3-9,11H2,1-2H3. The molecule has 0 radical (unpaired) electrons. The van der Waals surface area contributed by atoms with Crippen LogP contribution >= 0.6 is 11.3 Å². The minimum absolute atomic E-state index is 1.00. The maximum Gasteiger partial charge on any atom is 0.0299 e. The smallest absolute Gasteiger partial charge is 0.0299 e. The highest BCUT2D eigenvalue weighted by molar-refractivity contribution is 7.12. The molecule has 1 N–H and O–H groups in total. The van der Waals surface area contributed by atoms with Gasteiger partial charge >= 0.3 is 0 Å². The van der Waals surface area contributed by atoms with E-state index in [1.807, 2.05) is 11.3 Å². The zero-order chi connectivity index (χ0) is 12.1. The number of aryl methyl sites for hydroxylation is 2. The molecule has 2 heteroatoms. The molecule has 0 spiro atoms. The van der Waals surface area contributed by atoms with Crippen molar-refractivity contribution >= 4 is 11.3 Å². The minimum Gasteiger partial charge on any atom is -0.312 e. The molecule has 1 nitrogen and oxygen atoms in total. The molecular formula is C15H25NS. The highest BCUT2D eigenvalue weighted by Crippen LogP contribution is 2.26. The largest absolute Gasteiger partial charge is 0.312 e. The van der Waals surface area contributed by atoms with Crippen molar-refractivity contribution in [1.29, 1.82) is 0 Å². The molecule has 1 aliphatic rings. The van der Waals surface area contributed by atoms with Gasteiger partial charge in [-0.25, -0.2) is 0 Å². The quantitative estimate of drug-likeness (QED) is 0.764. The van der Waals surface area contributed by atoms with Gasteiger partial charge in [0.15, 0.2) is 0 Å². The Kier molecular flexibility index (Phi) is 5.05. The van der Waals surface area contributed by atoms with Crippen LogP contribution in [0, 0.1) is 19.8 Å². The third-order valence-electron chi connectivity index (χ3n) is 3.97. The summed E-state index contributed by atoms with van der Waals surface area (Å²) in [4.78, 5) is 2.96. The molecule has 1 fully saturated rings. The lowest BCUT2D eigenvalue weighted by Crippen LogP contribution is -2.18. The Balaban J connectivity index is 1.62. The second-order valence-electron chi connectivity index (χ2n) is 5.42. The summed E-state index contributed by atoms with van der Waals surface area (Å²) in [5.41, 5.74) is 1.44. The van der Waals surface area contributed by atoms with Crippen molar-refractivity contribution in [2.75, 3.05) is 6.54 Å². The first kappa shape index (κ1) is 13.1. The third-order valence-corrected chi connectivity index (χ3v) is 5.12. The molecule has 0 aromatic carbocycles. The van der Waals surface area contributed by atoms with E-state index in [0.29, 0.717) is 0 Å². The Morgan fingerprint density at radius 3 is 2.65 bits per heavy atom. The van der Waals surface area contributed by atoms with Crippen molar-refractivity contribution in [1.82, 2.24) is 5.32 Å². The fourth-order valence-corrected chi connectivity index (χ4v) is 3.75. The summed E-state index contributed by atoms with van der Waals surface area (Å²) in [5.74, 6) is 1.00. The second-order valence-corrected chi connectivity index (χ2v) is 6.76. The van der Waals surface area contributed by atoms with Gasteiger partial charge in [-0.2, -0.15) is 0 Å². The lowest BCUT2D eigenvalue weighted by Gasteiger charge is -2.21. The van der Waals surface area contributed by atoms with E-state index in [-0.39, 0.29) is 0 Å². The molecule has 1 aliphatic carbocycles. The molecule has 2 rings (SSSR count). The summed E-state index contributed by atoms with van der Waals surface area (Å²) in [5, 5.41) is 3.60. The predicted molar refractivity (Wildman–Crippen MR) is 76.7 cm³/mol. The van der Waals surface area contributed by atoms with Crippen LogP contribution in [0.15, 0.2) is 6.07 Å². The van der Waals surface area contributed by atoms with E-state index in [2.05, 4.69) is 25.2 Å². The molecule has 1 aromatic heterocycles. The zero-order valence-corrected chi connectivity index (χ0v) is 12.0. The van der Waals surface area contributed by atoms with E-state index in [9.17, 15) is 0 Å². The van der Waals surface area contributed by atoms with Crippen LogP contribution in [-0.4, -0.2) is 6.54 Å². The maximum absolute atomic E-state index is 3.60. The van der Waals surface area contributed by atoms with E-state index in [1.165, 1.54) is 60.4 Å². The lowest BCUT2D eigenvalue weighted by molar-refractivity contribution is 0.334. The van der Waals surface area contributed by atoms with Gasteiger partial charge in [0.1, 0.15) is 0 Å². The highest BCUT2D eigenvalue weighted by atomic mass is 32.1. The number of thiophene rings is 1. The van der Waals surface area contributed by atoms with Gasteiger partial charge in [0, 0.05) is 16.3 Å². The van der Waals surface area contributed by atoms with Crippen molar-refractivity contribution in [3.63, 3.8) is 0 Å². The topological polar surface area (TPSA) is 12.0 Å². The first-order chi connectivity index (χ1) is 8.25. The lowest BCUT2D eigenvalue weighted by atomic mass is 9.87. The maximum atomic E-state index is 3.60. The Hall–Kier alpha value is -0.340. The zero-order valence-electron chi connectivity index (χ0n) is 11.2. The van der Waals surface area contributed by atoms with E-state index >= 15 is 0 Å². The van der Waals surface area contributed by atoms with E-state index in [0.717, 1.165) is 12.5 Å². The highest BCUT2D eigenvalue weighted by Gasteiger charge is 2.12. The molecule has 17 heavy (non-hydrogen) atoms. The van der Waals surface area contributed by atoms with Crippen LogP contribution in [0.2, 0.25) is 0 Å². The summed E-state index contributed by atoms with van der Waals surface area (Å²) in [6, 6.07) is 2.33. The molecule has 1 heterocycles. The number of hydrogen-bond acceptors (Lipinski definition) is 2. The summed E-state index contributed by atoms with van der Waals surface area (Å²) >= 11 is 1.94. The van der Waals surface area contributed by atoms with Crippen molar-refractivity contribution < 1.29 is 0 Å². The van der Waals surface area contributed by atoms with E-state index in [1.54, 1.807) is 0 Å². The van der Waals surface area contributed by atoms with Crippen LogP contribution in [0.25, 0.3) is 0 Å². The van der Waals surface area contributed by atoms with Crippen molar-refractivity contribution in [2.45, 2.75) is 58.9 Å². The van der Waals surface area contributed by atoms with Gasteiger partial charge in [-0.3, -0.25) is 0 Å². The van der Waals surface area contributed by atoms with Crippen molar-refractivity contribution in [3.8, 4) is 0 Å². The Labute approximate surface area is 110 Å². The summed E-state index contributed by atoms with van der Waals surface area (Å²) in [6.45, 7) is 6.68. The van der Waals surface area contributed by atoms with E-state index < -0.39 is 0 Å². The average Bonchev–Trinajstić information content (AvgIpc) is 2.66. The fourth-order valence-electron chi connectivity index (χ4n) is 2.73. The number of hydrogen-bond donors (Lipinski definition) is 1. The van der Waals surface area contributed by atoms with Gasteiger partial charge in [0.2, 0.25) is 0 Å². The minimum atomic E-state index is 1.00. The van der Waals surface area contributed by atoms with Gasteiger partial charge in [-0.05, 0) is 44.4 Å². The Morgan fingerprint density at radius 2 is 2.00 bits per heavy atom. The monoisotopic (exact) mass is 251 g/mol. The molecule has 0 saturated heterocycles. The molecular weight excluding hydrogens is 226 g/mol. The Morgan fingerprint density at radius 1 is 1.24 bits per heavy atom. The summed E-state index contributed by atoms with van der Waals surface area (Å²) < 4.78 is 0. The van der Waals surface area contributed by atoms with Crippen LogP contribution in [0.4, 0.5) is 0 Å². The number of nitrogens with one attached hydrogen (secondary N) is 1. The summed E-state index contributed by atoms with van der Waals surface area (Å²) in [6.07, 6.45) is 8.72. The van der Waals surface area contributed by atoms with Crippen LogP contribution in [-0.2, 0) is 6.54 Å². The van der Waals surface area contributed by atoms with Crippen LogP contribution in [0.1, 0.15) is 53.8 Å². The molecule has 0 amide bonds. The predicted octanol–water partition coefficient (Wildman–Crippen LogP) is 4.42. The van der Waals surface area contributed by atoms with E-state index in [4.69, 9.17) is 0 Å². The molecule has 0 bridgehead atoms. The van der Waals surface area contributed by atoms with Crippen molar-refractivity contribution in [2.24, 2.45) is 5.92 Å². The number of rotatable bonds is 5. The molecule has 1 aromatic rings. The molecule has 96 valence electrons. The van der Waals surface area contributed by atoms with Gasteiger partial charge < -0.3 is 5.32 Å². The second kappa shape index (κ2) is 6.55. The average molecular weight is 251 g/mol. The molecule has 0 aliphatic heterocycles. The van der Waals surface area contributed by atoms with Crippen LogP contribution in [0.5, 0.6) is 0 Å². The van der Waals surface area contributed by atoms with Crippen LogP contribution < -0.4 is 5.32 Å². The third kappa shape index (κ3) is 4.11.